The van der Waals surface area contributed by atoms with Crippen molar-refractivity contribution in [3.8, 4) is 0 Å². The third kappa shape index (κ3) is 3.79. The number of hydrogen-bond acceptors (Lipinski definition) is 6. The number of nitrogens with two attached hydrogens (primary N) is 1. The van der Waals surface area contributed by atoms with Crippen molar-refractivity contribution in [1.29, 1.82) is 0 Å². The van der Waals surface area contributed by atoms with Gasteiger partial charge < -0.3 is 15.8 Å². The first-order valence-corrected chi connectivity index (χ1v) is 6.06. The van der Waals surface area contributed by atoms with Crippen LogP contribution in [0.15, 0.2) is 11.6 Å². The van der Waals surface area contributed by atoms with Crippen LogP contribution in [0.5, 0.6) is 0 Å². The van der Waals surface area contributed by atoms with Gasteiger partial charge in [-0.15, -0.1) is 11.3 Å². The molecule has 2 unspecified atom stereocenters. The molecular weight excluding hydrogens is 242 g/mol. The van der Waals surface area contributed by atoms with Crippen LogP contribution in [0.4, 0.5) is 0 Å². The number of aromatic nitrogens is 1. The zero-order valence-corrected chi connectivity index (χ0v) is 10.5. The van der Waals surface area contributed by atoms with E-state index in [4.69, 9.17) is 5.73 Å². The largest absolute Gasteiger partial charge is 0.464 e. The summed E-state index contributed by atoms with van der Waals surface area (Å²) in [5.41, 5.74) is 5.44. The highest BCUT2D eigenvalue weighted by atomic mass is 32.1. The summed E-state index contributed by atoms with van der Waals surface area (Å²) in [4.78, 5) is 26.9. The zero-order chi connectivity index (χ0) is 12.8. The average molecular weight is 257 g/mol. The van der Waals surface area contributed by atoms with E-state index in [1.54, 1.807) is 20.0 Å². The number of amides is 1. The van der Waals surface area contributed by atoms with Crippen molar-refractivity contribution in [2.24, 2.45) is 5.73 Å². The molecule has 0 spiro atoms. The number of hydrogen-bond donors (Lipinski definition) is 2. The van der Waals surface area contributed by atoms with E-state index in [9.17, 15) is 9.59 Å². The lowest BCUT2D eigenvalue weighted by atomic mass is 10.2. The number of nitrogens with one attached hydrogen (secondary N) is 1. The lowest BCUT2D eigenvalue weighted by Gasteiger charge is -2.14. The number of nitrogens with zero attached hydrogens (tertiary/aromatic N) is 1. The maximum atomic E-state index is 11.6. The number of esters is 1. The lowest BCUT2D eigenvalue weighted by molar-refractivity contribution is -0.148. The van der Waals surface area contributed by atoms with Gasteiger partial charge in [-0.1, -0.05) is 0 Å². The number of thiazole rings is 1. The van der Waals surface area contributed by atoms with Crippen molar-refractivity contribution >= 4 is 23.2 Å². The monoisotopic (exact) mass is 257 g/mol. The first kappa shape index (κ1) is 13.6. The highest BCUT2D eigenvalue weighted by Gasteiger charge is 2.25. The standard InChI is InChI=1S/C10H15N3O3S/c1-3-16-10(15)7(11)8(14)13-6(2)9-12-4-5-17-9/h4-7H,3,11H2,1-2H3,(H,13,14). The Morgan fingerprint density at radius 3 is 2.88 bits per heavy atom. The van der Waals surface area contributed by atoms with E-state index in [1.807, 2.05) is 5.38 Å². The van der Waals surface area contributed by atoms with Crippen molar-refractivity contribution in [3.05, 3.63) is 16.6 Å². The van der Waals surface area contributed by atoms with Gasteiger partial charge in [0, 0.05) is 11.6 Å². The second-order valence-electron chi connectivity index (χ2n) is 3.33. The Balaban J connectivity index is 2.51. The number of ether oxygens (including phenoxy) is 1. The molecule has 0 aliphatic rings. The summed E-state index contributed by atoms with van der Waals surface area (Å²) in [6.45, 7) is 3.62. The Bertz CT molecular complexity index is 380. The van der Waals surface area contributed by atoms with Crippen molar-refractivity contribution in [1.82, 2.24) is 10.3 Å². The Labute approximate surface area is 103 Å². The third-order valence-corrected chi connectivity index (χ3v) is 2.96. The SMILES string of the molecule is CCOC(=O)C(N)C(=O)NC(C)c1nccs1. The fourth-order valence-electron chi connectivity index (χ4n) is 1.15. The van der Waals surface area contributed by atoms with Gasteiger partial charge in [-0.05, 0) is 13.8 Å². The van der Waals surface area contributed by atoms with Crippen LogP contribution in [0.2, 0.25) is 0 Å². The summed E-state index contributed by atoms with van der Waals surface area (Å²) in [6.07, 6.45) is 1.65. The molecule has 1 amide bonds. The number of rotatable bonds is 5. The summed E-state index contributed by atoms with van der Waals surface area (Å²) in [7, 11) is 0. The molecule has 2 atom stereocenters. The van der Waals surface area contributed by atoms with Crippen LogP contribution in [0, 0.1) is 0 Å². The van der Waals surface area contributed by atoms with E-state index < -0.39 is 17.9 Å². The molecule has 1 heterocycles. The number of carbonyl (C=O) groups is 2. The van der Waals surface area contributed by atoms with Gasteiger partial charge in [0.05, 0.1) is 12.6 Å². The van der Waals surface area contributed by atoms with E-state index in [-0.39, 0.29) is 12.6 Å². The topological polar surface area (TPSA) is 94.3 Å². The Morgan fingerprint density at radius 1 is 1.65 bits per heavy atom. The van der Waals surface area contributed by atoms with E-state index >= 15 is 0 Å². The summed E-state index contributed by atoms with van der Waals surface area (Å²) in [5, 5.41) is 5.17. The number of carbonyl (C=O) groups excluding carboxylic acids is 2. The summed E-state index contributed by atoms with van der Waals surface area (Å²) in [5.74, 6) is -1.29. The third-order valence-electron chi connectivity index (χ3n) is 2.00. The predicted molar refractivity (Wildman–Crippen MR) is 63.3 cm³/mol. The molecule has 0 bridgehead atoms. The van der Waals surface area contributed by atoms with Crippen LogP contribution in [0.3, 0.4) is 0 Å². The van der Waals surface area contributed by atoms with Gasteiger partial charge in [-0.2, -0.15) is 0 Å². The first-order valence-electron chi connectivity index (χ1n) is 5.18. The van der Waals surface area contributed by atoms with Crippen molar-refractivity contribution in [2.45, 2.75) is 25.9 Å². The summed E-state index contributed by atoms with van der Waals surface area (Å²) >= 11 is 1.42. The molecule has 0 aliphatic heterocycles. The second kappa shape index (κ2) is 6.31. The Kier molecular flexibility index (Phi) is 5.05. The molecule has 7 heteroatoms. The summed E-state index contributed by atoms with van der Waals surface area (Å²) < 4.78 is 4.66. The van der Waals surface area contributed by atoms with Gasteiger partial charge >= 0.3 is 5.97 Å². The highest BCUT2D eigenvalue weighted by Crippen LogP contribution is 2.14. The van der Waals surface area contributed by atoms with Gasteiger partial charge in [0.1, 0.15) is 5.01 Å². The summed E-state index contributed by atoms with van der Waals surface area (Å²) in [6, 6.07) is -1.57. The maximum absolute atomic E-state index is 11.6. The minimum Gasteiger partial charge on any atom is -0.464 e. The Morgan fingerprint density at radius 2 is 2.35 bits per heavy atom. The Hall–Kier alpha value is -1.47. The van der Waals surface area contributed by atoms with Crippen LogP contribution in [0.1, 0.15) is 24.9 Å². The van der Waals surface area contributed by atoms with Crippen LogP contribution in [-0.4, -0.2) is 29.5 Å². The molecule has 1 aromatic heterocycles. The second-order valence-corrected chi connectivity index (χ2v) is 4.26. The molecule has 0 radical (unpaired) electrons. The van der Waals surface area contributed by atoms with E-state index in [2.05, 4.69) is 15.0 Å². The molecular formula is C10H15N3O3S. The van der Waals surface area contributed by atoms with Crippen molar-refractivity contribution < 1.29 is 14.3 Å². The average Bonchev–Trinajstić information content (AvgIpc) is 2.81. The van der Waals surface area contributed by atoms with Crippen molar-refractivity contribution in [3.63, 3.8) is 0 Å². The van der Waals surface area contributed by atoms with E-state index in [0.717, 1.165) is 5.01 Å². The van der Waals surface area contributed by atoms with Gasteiger partial charge in [0.15, 0.2) is 6.04 Å². The van der Waals surface area contributed by atoms with Crippen LogP contribution in [0.25, 0.3) is 0 Å². The van der Waals surface area contributed by atoms with Crippen LogP contribution in [-0.2, 0) is 14.3 Å². The van der Waals surface area contributed by atoms with Crippen LogP contribution >= 0.6 is 11.3 Å². The van der Waals surface area contributed by atoms with Gasteiger partial charge in [-0.3, -0.25) is 4.79 Å². The molecule has 17 heavy (non-hydrogen) atoms. The van der Waals surface area contributed by atoms with Crippen molar-refractivity contribution in [2.75, 3.05) is 6.61 Å². The zero-order valence-electron chi connectivity index (χ0n) is 9.67. The van der Waals surface area contributed by atoms with E-state index in [0.29, 0.717) is 0 Å². The smallest absolute Gasteiger partial charge is 0.332 e. The molecule has 6 nitrogen and oxygen atoms in total. The van der Waals surface area contributed by atoms with E-state index in [1.165, 1.54) is 11.3 Å². The molecule has 0 fully saturated rings. The molecule has 0 saturated heterocycles. The molecule has 0 aliphatic carbocycles. The predicted octanol–water partition coefficient (Wildman–Crippen LogP) is 0.211. The molecule has 3 N–H and O–H groups in total. The highest BCUT2D eigenvalue weighted by molar-refractivity contribution is 7.09. The minimum atomic E-state index is -1.29. The molecule has 1 aromatic rings. The fraction of sp³-hybridized carbons (Fsp3) is 0.500. The maximum Gasteiger partial charge on any atom is 0.332 e. The molecule has 0 aromatic carbocycles. The van der Waals surface area contributed by atoms with Gasteiger partial charge in [0.25, 0.3) is 0 Å². The molecule has 94 valence electrons. The normalized spacial score (nSPS) is 13.8. The first-order chi connectivity index (χ1) is 8.06. The molecule has 0 saturated carbocycles. The van der Waals surface area contributed by atoms with Crippen LogP contribution < -0.4 is 11.1 Å². The minimum absolute atomic E-state index is 0.196. The van der Waals surface area contributed by atoms with Gasteiger partial charge in [-0.25, -0.2) is 9.78 Å². The molecule has 1 rings (SSSR count). The lowest BCUT2D eigenvalue weighted by Crippen LogP contribution is -2.47. The fourth-order valence-corrected chi connectivity index (χ4v) is 1.80. The van der Waals surface area contributed by atoms with Gasteiger partial charge in [0.2, 0.25) is 5.91 Å². The quantitative estimate of drug-likeness (QED) is 0.581.